The summed E-state index contributed by atoms with van der Waals surface area (Å²) in [6.07, 6.45) is 0.968. The van der Waals surface area contributed by atoms with Crippen LogP contribution in [0.1, 0.15) is 18.4 Å². The van der Waals surface area contributed by atoms with Crippen molar-refractivity contribution in [3.05, 3.63) is 35.4 Å². The van der Waals surface area contributed by atoms with E-state index in [0.29, 0.717) is 25.9 Å². The Labute approximate surface area is 111 Å². The van der Waals surface area contributed by atoms with E-state index >= 15 is 0 Å². The van der Waals surface area contributed by atoms with Crippen LogP contribution in [0, 0.1) is 11.6 Å². The monoisotopic (exact) mass is 269 g/mol. The van der Waals surface area contributed by atoms with Gasteiger partial charge in [-0.15, -0.1) is 0 Å². The quantitative estimate of drug-likeness (QED) is 0.906. The molecule has 3 nitrogen and oxygen atoms in total. The Hall–Kier alpha value is -1.33. The highest BCUT2D eigenvalue weighted by atomic mass is 19.1. The molecular weight excluding hydrogens is 252 g/mol. The first-order chi connectivity index (χ1) is 9.07. The highest BCUT2D eigenvalue weighted by Gasteiger charge is 2.39. The third-order valence-electron chi connectivity index (χ3n) is 3.67. The zero-order chi connectivity index (χ0) is 13.9. The topological polar surface area (TPSA) is 38.3 Å². The molecule has 1 aromatic carbocycles. The van der Waals surface area contributed by atoms with E-state index in [1.165, 1.54) is 7.11 Å². The minimum atomic E-state index is -0.871. The molecule has 0 aliphatic carbocycles. The number of methoxy groups -OCH3 is 1. The molecule has 0 amide bonds. The van der Waals surface area contributed by atoms with Crippen LogP contribution in [0.3, 0.4) is 0 Å². The van der Waals surface area contributed by atoms with Crippen molar-refractivity contribution in [2.45, 2.75) is 24.9 Å². The van der Waals surface area contributed by atoms with Gasteiger partial charge in [0.2, 0.25) is 0 Å². The number of carbonyl (C=O) groups excluding carboxylic acids is 1. The molecule has 0 spiro atoms. The van der Waals surface area contributed by atoms with Gasteiger partial charge in [-0.3, -0.25) is 4.79 Å². The predicted molar refractivity (Wildman–Crippen MR) is 66.9 cm³/mol. The van der Waals surface area contributed by atoms with Crippen molar-refractivity contribution in [1.29, 1.82) is 0 Å². The highest BCUT2D eigenvalue weighted by molar-refractivity contribution is 5.89. The summed E-state index contributed by atoms with van der Waals surface area (Å²) in [4.78, 5) is 12.3. The van der Waals surface area contributed by atoms with Crippen LogP contribution < -0.4 is 5.32 Å². The number of carbonyl (C=O) groups is 1. The maximum absolute atomic E-state index is 13.6. The number of nitrogens with one attached hydrogen (secondary N) is 1. The van der Waals surface area contributed by atoms with Crippen LogP contribution in [0.2, 0.25) is 0 Å². The van der Waals surface area contributed by atoms with Crippen molar-refractivity contribution in [3.8, 4) is 0 Å². The maximum atomic E-state index is 13.6. The Morgan fingerprint density at radius 1 is 1.37 bits per heavy atom. The molecule has 19 heavy (non-hydrogen) atoms. The van der Waals surface area contributed by atoms with Gasteiger partial charge in [-0.1, -0.05) is 0 Å². The van der Waals surface area contributed by atoms with Gasteiger partial charge in [0.25, 0.3) is 0 Å². The van der Waals surface area contributed by atoms with E-state index in [1.54, 1.807) is 0 Å². The van der Waals surface area contributed by atoms with Crippen LogP contribution >= 0.6 is 0 Å². The number of halogens is 2. The molecule has 0 radical (unpaired) electrons. The number of rotatable bonds is 4. The molecule has 1 fully saturated rings. The van der Waals surface area contributed by atoms with Crippen LogP contribution in [0.5, 0.6) is 0 Å². The van der Waals surface area contributed by atoms with Gasteiger partial charge in [0.05, 0.1) is 0 Å². The van der Waals surface area contributed by atoms with Gasteiger partial charge < -0.3 is 10.1 Å². The lowest BCUT2D eigenvalue weighted by molar-refractivity contribution is -0.143. The summed E-state index contributed by atoms with van der Waals surface area (Å²) < 4.78 is 32.0. The van der Waals surface area contributed by atoms with Gasteiger partial charge in [0.1, 0.15) is 17.2 Å². The number of hydrogen-bond acceptors (Lipinski definition) is 3. The summed E-state index contributed by atoms with van der Waals surface area (Å²) in [6, 6.07) is 3.15. The molecule has 0 bridgehead atoms. The molecule has 1 aliphatic rings. The molecule has 0 aromatic heterocycles. The number of benzene rings is 1. The van der Waals surface area contributed by atoms with Gasteiger partial charge in [0.15, 0.2) is 5.78 Å². The second kappa shape index (κ2) is 5.75. The van der Waals surface area contributed by atoms with Crippen molar-refractivity contribution in [1.82, 2.24) is 5.32 Å². The fraction of sp³-hybridized carbons (Fsp3) is 0.500. The summed E-state index contributed by atoms with van der Waals surface area (Å²) in [5.74, 6) is -1.29. The van der Waals surface area contributed by atoms with Crippen LogP contribution in [-0.4, -0.2) is 31.6 Å². The average molecular weight is 269 g/mol. The summed E-state index contributed by atoms with van der Waals surface area (Å²) in [6.45, 7) is 1.37. The van der Waals surface area contributed by atoms with Crippen LogP contribution in [0.4, 0.5) is 8.78 Å². The van der Waals surface area contributed by atoms with E-state index in [2.05, 4.69) is 5.32 Å². The van der Waals surface area contributed by atoms with E-state index in [0.717, 1.165) is 18.2 Å². The fourth-order valence-electron chi connectivity index (χ4n) is 2.44. The Balaban J connectivity index is 2.17. The van der Waals surface area contributed by atoms with Crippen LogP contribution in [0.15, 0.2) is 18.2 Å². The van der Waals surface area contributed by atoms with E-state index in [-0.39, 0.29) is 17.8 Å². The number of hydrogen-bond donors (Lipinski definition) is 1. The molecular formula is C14H17F2NO2. The van der Waals surface area contributed by atoms with E-state index in [1.807, 2.05) is 0 Å². The van der Waals surface area contributed by atoms with Crippen molar-refractivity contribution >= 4 is 5.78 Å². The van der Waals surface area contributed by atoms with Crippen molar-refractivity contribution in [3.63, 3.8) is 0 Å². The fourth-order valence-corrected chi connectivity index (χ4v) is 2.44. The van der Waals surface area contributed by atoms with Crippen LogP contribution in [0.25, 0.3) is 0 Å². The molecule has 0 unspecified atom stereocenters. The zero-order valence-corrected chi connectivity index (χ0v) is 10.8. The molecule has 0 saturated carbocycles. The predicted octanol–water partition coefficient (Wildman–Crippen LogP) is 1.84. The Morgan fingerprint density at radius 2 is 2.05 bits per heavy atom. The molecule has 1 heterocycles. The number of piperidine rings is 1. The summed E-state index contributed by atoms with van der Waals surface area (Å²) >= 11 is 0. The lowest BCUT2D eigenvalue weighted by Crippen LogP contribution is -2.50. The first-order valence-electron chi connectivity index (χ1n) is 6.30. The van der Waals surface area contributed by atoms with Crippen molar-refractivity contribution < 1.29 is 18.3 Å². The summed E-state index contributed by atoms with van der Waals surface area (Å²) in [5, 5.41) is 3.15. The SMILES string of the molecule is COC1(C(=O)Cc2cc(F)ccc2F)CCNCC1. The van der Waals surface area contributed by atoms with Gasteiger partial charge >= 0.3 is 0 Å². The second-order valence-corrected chi connectivity index (χ2v) is 4.78. The minimum Gasteiger partial charge on any atom is -0.370 e. The summed E-state index contributed by atoms with van der Waals surface area (Å²) in [5.41, 5.74) is -0.788. The average Bonchev–Trinajstić information content (AvgIpc) is 2.43. The number of Topliss-reactive ketones (excluding diaryl/α,β-unsaturated/α-hetero) is 1. The minimum absolute atomic E-state index is 0.0833. The molecule has 1 aliphatic heterocycles. The number of ether oxygens (including phenoxy) is 1. The molecule has 104 valence electrons. The largest absolute Gasteiger partial charge is 0.370 e. The normalized spacial score (nSPS) is 18.3. The molecule has 0 atom stereocenters. The molecule has 2 rings (SSSR count). The van der Waals surface area contributed by atoms with E-state index in [9.17, 15) is 13.6 Å². The lowest BCUT2D eigenvalue weighted by Gasteiger charge is -2.35. The summed E-state index contributed by atoms with van der Waals surface area (Å²) in [7, 11) is 1.49. The van der Waals surface area contributed by atoms with Gasteiger partial charge in [-0.25, -0.2) is 8.78 Å². The third kappa shape index (κ3) is 2.98. The second-order valence-electron chi connectivity index (χ2n) is 4.78. The van der Waals surface area contributed by atoms with Crippen molar-refractivity contribution in [2.24, 2.45) is 0 Å². The van der Waals surface area contributed by atoms with E-state index in [4.69, 9.17) is 4.74 Å². The standard InChI is InChI=1S/C14H17F2NO2/c1-19-14(4-6-17-7-5-14)13(18)9-10-8-11(15)2-3-12(10)16/h2-3,8,17H,4-7,9H2,1H3. The highest BCUT2D eigenvalue weighted by Crippen LogP contribution is 2.26. The van der Waals surface area contributed by atoms with E-state index < -0.39 is 17.2 Å². The van der Waals surface area contributed by atoms with Gasteiger partial charge in [-0.05, 0) is 49.7 Å². The van der Waals surface area contributed by atoms with Gasteiger partial charge in [0, 0.05) is 13.5 Å². The van der Waals surface area contributed by atoms with Crippen LogP contribution in [-0.2, 0) is 16.0 Å². The molecule has 1 saturated heterocycles. The Morgan fingerprint density at radius 3 is 2.68 bits per heavy atom. The first-order valence-corrected chi connectivity index (χ1v) is 6.30. The zero-order valence-electron chi connectivity index (χ0n) is 10.8. The molecule has 5 heteroatoms. The smallest absolute Gasteiger partial charge is 0.169 e. The lowest BCUT2D eigenvalue weighted by atomic mass is 9.85. The Bertz CT molecular complexity index is 471. The first kappa shape index (κ1) is 14.1. The molecule has 1 aromatic rings. The third-order valence-corrected chi connectivity index (χ3v) is 3.67. The van der Waals surface area contributed by atoms with Gasteiger partial charge in [-0.2, -0.15) is 0 Å². The Kier molecular flexibility index (Phi) is 4.27. The number of ketones is 1. The maximum Gasteiger partial charge on any atom is 0.169 e. The van der Waals surface area contributed by atoms with Crippen molar-refractivity contribution in [2.75, 3.05) is 20.2 Å². The molecule has 1 N–H and O–H groups in total.